The van der Waals surface area contributed by atoms with E-state index in [4.69, 9.17) is 19.9 Å². The topological polar surface area (TPSA) is 56.5 Å². The van der Waals surface area contributed by atoms with Crippen molar-refractivity contribution in [3.63, 3.8) is 0 Å². The van der Waals surface area contributed by atoms with Crippen LogP contribution in [0.1, 0.15) is 0 Å². The van der Waals surface area contributed by atoms with Crippen molar-refractivity contribution in [1.82, 2.24) is 24.5 Å². The molecule has 0 saturated carbocycles. The normalized spacial score (nSPS) is 11.2. The number of nitrogens with zero attached hydrogens (tertiary/aromatic N) is 5. The molecule has 0 fully saturated rings. The predicted molar refractivity (Wildman–Crippen MR) is 148 cm³/mol. The average Bonchev–Trinajstić information content (AvgIpc) is 3.32. The molecule has 3 heterocycles. The number of fused-ring (bicyclic) bond motifs is 3. The van der Waals surface area contributed by atoms with E-state index in [0.29, 0.717) is 17.3 Å². The van der Waals surface area contributed by atoms with Crippen molar-refractivity contribution >= 4 is 21.8 Å². The van der Waals surface area contributed by atoms with E-state index in [1.807, 2.05) is 79.1 Å². The van der Waals surface area contributed by atoms with E-state index < -0.39 is 0 Å². The van der Waals surface area contributed by atoms with Crippen LogP contribution in [0, 0.1) is 0 Å². The highest BCUT2D eigenvalue weighted by Crippen LogP contribution is 2.32. The van der Waals surface area contributed by atoms with E-state index in [0.717, 1.165) is 33.5 Å². The summed E-state index contributed by atoms with van der Waals surface area (Å²) in [6.45, 7) is 0. The highest BCUT2D eigenvalue weighted by Gasteiger charge is 2.15. The molecule has 0 spiro atoms. The minimum atomic E-state index is 0.557. The van der Waals surface area contributed by atoms with Crippen LogP contribution in [0.3, 0.4) is 0 Å². The first kappa shape index (κ1) is 21.1. The third-order valence-electron chi connectivity index (χ3n) is 6.53. The van der Waals surface area contributed by atoms with Crippen molar-refractivity contribution in [2.75, 3.05) is 0 Å². The summed E-state index contributed by atoms with van der Waals surface area (Å²) in [5.41, 5.74) is 6.64. The molecule has 0 amide bonds. The third kappa shape index (κ3) is 3.74. The van der Waals surface area contributed by atoms with E-state index in [2.05, 4.69) is 53.1 Å². The molecule has 7 rings (SSSR count). The zero-order chi connectivity index (χ0) is 24.6. The van der Waals surface area contributed by atoms with Crippen LogP contribution in [0.2, 0.25) is 0 Å². The molecular formula is C32H21N5. The molecule has 3 aromatic heterocycles. The number of para-hydroxylation sites is 2. The summed E-state index contributed by atoms with van der Waals surface area (Å²) in [7, 11) is 0. The number of aromatic nitrogens is 5. The largest absolute Gasteiger partial charge is 0.306 e. The van der Waals surface area contributed by atoms with Crippen molar-refractivity contribution in [2.24, 2.45) is 0 Å². The van der Waals surface area contributed by atoms with Gasteiger partial charge in [-0.25, -0.2) is 19.9 Å². The Morgan fingerprint density at radius 3 is 1.59 bits per heavy atom. The standard InChI is InChI=1S/C32H21N5/c1-3-11-22(12-4-1)27-19-28(36-31(35-27)23-13-5-2-6-14-23)32-33-20-24(21-34-32)37-29-17-9-7-15-25(29)26-16-8-10-18-30(26)37/h1-21H. The van der Waals surface area contributed by atoms with Crippen molar-refractivity contribution < 1.29 is 0 Å². The van der Waals surface area contributed by atoms with E-state index >= 15 is 0 Å². The van der Waals surface area contributed by atoms with Crippen LogP contribution < -0.4 is 0 Å². The average molecular weight is 476 g/mol. The molecule has 0 radical (unpaired) electrons. The van der Waals surface area contributed by atoms with Gasteiger partial charge in [0.2, 0.25) is 0 Å². The lowest BCUT2D eigenvalue weighted by Gasteiger charge is -2.10. The fourth-order valence-electron chi connectivity index (χ4n) is 4.80. The summed E-state index contributed by atoms with van der Waals surface area (Å²) in [6, 6.07) is 38.9. The molecule has 4 aromatic carbocycles. The van der Waals surface area contributed by atoms with Gasteiger partial charge in [0.25, 0.3) is 0 Å². The van der Waals surface area contributed by atoms with Crippen LogP contribution in [0.25, 0.3) is 61.7 Å². The molecule has 7 aromatic rings. The van der Waals surface area contributed by atoms with Gasteiger partial charge in [0.15, 0.2) is 11.6 Å². The van der Waals surface area contributed by atoms with Gasteiger partial charge in [-0.3, -0.25) is 0 Å². The van der Waals surface area contributed by atoms with Gasteiger partial charge in [0.1, 0.15) is 5.69 Å². The Morgan fingerprint density at radius 1 is 0.459 bits per heavy atom. The molecule has 174 valence electrons. The maximum absolute atomic E-state index is 4.86. The number of hydrogen-bond donors (Lipinski definition) is 0. The zero-order valence-electron chi connectivity index (χ0n) is 19.9. The second kappa shape index (κ2) is 8.81. The third-order valence-corrected chi connectivity index (χ3v) is 6.53. The zero-order valence-corrected chi connectivity index (χ0v) is 19.9. The smallest absolute Gasteiger partial charge is 0.178 e. The monoisotopic (exact) mass is 475 g/mol. The second-order valence-electron chi connectivity index (χ2n) is 8.83. The van der Waals surface area contributed by atoms with Crippen LogP contribution in [-0.2, 0) is 0 Å². The summed E-state index contributed by atoms with van der Waals surface area (Å²) >= 11 is 0. The first-order valence-electron chi connectivity index (χ1n) is 12.2. The van der Waals surface area contributed by atoms with Crippen molar-refractivity contribution in [3.8, 4) is 39.9 Å². The Labute approximate surface area is 213 Å². The van der Waals surface area contributed by atoms with Gasteiger partial charge in [-0.1, -0.05) is 97.1 Å². The highest BCUT2D eigenvalue weighted by molar-refractivity contribution is 6.09. The summed E-state index contributed by atoms with van der Waals surface area (Å²) in [4.78, 5) is 19.2. The van der Waals surface area contributed by atoms with Crippen molar-refractivity contribution in [1.29, 1.82) is 0 Å². The molecule has 0 N–H and O–H groups in total. The highest BCUT2D eigenvalue weighted by atomic mass is 15.0. The van der Waals surface area contributed by atoms with Gasteiger partial charge in [0, 0.05) is 21.9 Å². The lowest BCUT2D eigenvalue weighted by molar-refractivity contribution is 1.06. The van der Waals surface area contributed by atoms with E-state index in [9.17, 15) is 0 Å². The molecule has 0 unspecified atom stereocenters. The second-order valence-corrected chi connectivity index (χ2v) is 8.83. The van der Waals surface area contributed by atoms with Crippen molar-refractivity contribution in [2.45, 2.75) is 0 Å². The summed E-state index contributed by atoms with van der Waals surface area (Å²) in [6.07, 6.45) is 3.74. The fourth-order valence-corrected chi connectivity index (χ4v) is 4.80. The van der Waals surface area contributed by atoms with Gasteiger partial charge >= 0.3 is 0 Å². The molecule has 0 aliphatic carbocycles. The Bertz CT molecular complexity index is 1750. The SMILES string of the molecule is c1ccc(-c2cc(-c3ncc(-n4c5ccccc5c5ccccc54)cn3)nc(-c3ccccc3)n2)cc1. The van der Waals surface area contributed by atoms with E-state index in [-0.39, 0.29) is 0 Å². The van der Waals surface area contributed by atoms with Gasteiger partial charge in [0.05, 0.1) is 34.8 Å². The summed E-state index contributed by atoms with van der Waals surface area (Å²) < 4.78 is 2.21. The molecule has 0 aliphatic heterocycles. The van der Waals surface area contributed by atoms with E-state index in [1.54, 1.807) is 0 Å². The predicted octanol–water partition coefficient (Wildman–Crippen LogP) is 7.36. The lowest BCUT2D eigenvalue weighted by Crippen LogP contribution is -2.00. The minimum absolute atomic E-state index is 0.557. The minimum Gasteiger partial charge on any atom is -0.306 e. The van der Waals surface area contributed by atoms with Crippen LogP contribution in [0.5, 0.6) is 0 Å². The van der Waals surface area contributed by atoms with Crippen molar-refractivity contribution in [3.05, 3.63) is 128 Å². The number of hydrogen-bond acceptors (Lipinski definition) is 4. The summed E-state index contributed by atoms with van der Waals surface area (Å²) in [5, 5.41) is 2.41. The first-order chi connectivity index (χ1) is 18.3. The van der Waals surface area contributed by atoms with Crippen LogP contribution in [-0.4, -0.2) is 24.5 Å². The quantitative estimate of drug-likeness (QED) is 0.267. The maximum atomic E-state index is 4.86. The van der Waals surface area contributed by atoms with E-state index in [1.165, 1.54) is 10.8 Å². The van der Waals surface area contributed by atoms with Crippen LogP contribution in [0.4, 0.5) is 0 Å². The molecule has 5 heteroatoms. The van der Waals surface area contributed by atoms with Gasteiger partial charge in [-0.05, 0) is 18.2 Å². The fraction of sp³-hybridized carbons (Fsp3) is 0. The Hall–Kier alpha value is -5.16. The molecule has 0 atom stereocenters. The van der Waals surface area contributed by atoms with Gasteiger partial charge in [-0.2, -0.15) is 0 Å². The van der Waals surface area contributed by atoms with Crippen LogP contribution in [0.15, 0.2) is 128 Å². The lowest BCUT2D eigenvalue weighted by atomic mass is 10.1. The Morgan fingerprint density at radius 2 is 0.973 bits per heavy atom. The molecule has 0 aliphatic rings. The van der Waals surface area contributed by atoms with Gasteiger partial charge < -0.3 is 4.57 Å². The number of rotatable bonds is 4. The first-order valence-corrected chi connectivity index (χ1v) is 12.2. The molecule has 5 nitrogen and oxygen atoms in total. The Kier molecular flexibility index (Phi) is 5.03. The summed E-state index contributed by atoms with van der Waals surface area (Å²) in [5.74, 6) is 1.20. The molecule has 37 heavy (non-hydrogen) atoms. The Balaban J connectivity index is 1.37. The molecule has 0 bridgehead atoms. The maximum Gasteiger partial charge on any atom is 0.178 e. The molecular weight excluding hydrogens is 454 g/mol. The number of benzene rings is 4. The van der Waals surface area contributed by atoms with Crippen LogP contribution >= 0.6 is 0 Å². The van der Waals surface area contributed by atoms with Gasteiger partial charge in [-0.15, -0.1) is 0 Å². The molecule has 0 saturated heterocycles.